The summed E-state index contributed by atoms with van der Waals surface area (Å²) < 4.78 is 4.56. The molecule has 8 rings (SSSR count). The minimum absolute atomic E-state index is 0. The van der Waals surface area contributed by atoms with Crippen LogP contribution in [0.25, 0.3) is 65.2 Å². The van der Waals surface area contributed by atoms with Gasteiger partial charge >= 0.3 is 26.2 Å². The Bertz CT molecular complexity index is 1860. The first-order valence-electron chi connectivity index (χ1n) is 11.8. The van der Waals surface area contributed by atoms with Crippen LogP contribution in [0.2, 0.25) is 0 Å². The summed E-state index contributed by atoms with van der Waals surface area (Å²) in [6.45, 7) is 0. The molecular weight excluding hydrogens is 574 g/mol. The SMILES string of the molecule is Cn1c2ccccc2c2c3ccccc3[cH-]c21.Cn1c2ccccc2c2c3ccccc3[cH-]c21.[Cl-].[Cl-].[Zr+4]. The molecule has 0 fully saturated rings. The Hall–Kier alpha value is -2.84. The number of rotatable bonds is 0. The van der Waals surface area contributed by atoms with Gasteiger partial charge in [-0.15, -0.1) is 70.1 Å². The molecule has 5 heteroatoms. The zero-order chi connectivity index (χ0) is 22.8. The molecule has 2 aromatic heterocycles. The van der Waals surface area contributed by atoms with Crippen molar-refractivity contribution in [3.05, 3.63) is 109 Å². The molecule has 0 saturated carbocycles. The number of para-hydroxylation sites is 2. The second-order valence-corrected chi connectivity index (χ2v) is 9.14. The van der Waals surface area contributed by atoms with E-state index in [4.69, 9.17) is 0 Å². The third-order valence-electron chi connectivity index (χ3n) is 7.35. The van der Waals surface area contributed by atoms with Crippen LogP contribution in [0.15, 0.2) is 109 Å². The summed E-state index contributed by atoms with van der Waals surface area (Å²) in [6, 6.07) is 39.0. The van der Waals surface area contributed by atoms with Gasteiger partial charge in [-0.2, -0.15) is 0 Å². The fraction of sp³-hybridized carbons (Fsp3) is 0.0625. The van der Waals surface area contributed by atoms with Crippen LogP contribution in [0.3, 0.4) is 0 Å². The Morgan fingerprint density at radius 2 is 0.784 bits per heavy atom. The van der Waals surface area contributed by atoms with E-state index in [1.807, 2.05) is 0 Å². The van der Waals surface area contributed by atoms with Crippen LogP contribution in [0, 0.1) is 0 Å². The van der Waals surface area contributed by atoms with Gasteiger partial charge in [-0.05, 0) is 33.9 Å². The summed E-state index contributed by atoms with van der Waals surface area (Å²) in [5.41, 5.74) is 5.27. The van der Waals surface area contributed by atoms with E-state index in [1.54, 1.807) is 0 Å². The smallest absolute Gasteiger partial charge is 1.00 e. The molecule has 2 heterocycles. The minimum atomic E-state index is 0. The number of halogens is 2. The van der Waals surface area contributed by atoms with Crippen molar-refractivity contribution in [3.63, 3.8) is 0 Å². The first kappa shape index (κ1) is 27.2. The number of nitrogens with zero attached hydrogens (tertiary/aromatic N) is 2. The molecule has 0 bridgehead atoms. The predicted molar refractivity (Wildman–Crippen MR) is 147 cm³/mol. The fourth-order valence-electron chi connectivity index (χ4n) is 5.73. The van der Waals surface area contributed by atoms with Gasteiger partial charge in [0.05, 0.1) is 0 Å². The monoisotopic (exact) mass is 596 g/mol. The normalized spacial score (nSPS) is 10.9. The van der Waals surface area contributed by atoms with E-state index in [-0.39, 0.29) is 51.0 Å². The molecule has 37 heavy (non-hydrogen) atoms. The molecule has 8 aromatic rings. The van der Waals surface area contributed by atoms with Crippen molar-refractivity contribution in [1.29, 1.82) is 0 Å². The quantitative estimate of drug-likeness (QED) is 0.238. The summed E-state index contributed by atoms with van der Waals surface area (Å²) >= 11 is 0. The van der Waals surface area contributed by atoms with Crippen molar-refractivity contribution in [2.45, 2.75) is 0 Å². The molecule has 0 aliphatic carbocycles. The number of hydrogen-bond donors (Lipinski definition) is 0. The number of aryl methyl sites for hydroxylation is 2. The zero-order valence-corrected chi connectivity index (χ0v) is 24.5. The van der Waals surface area contributed by atoms with Crippen molar-refractivity contribution in [2.24, 2.45) is 14.1 Å². The van der Waals surface area contributed by atoms with Gasteiger partial charge < -0.3 is 33.9 Å². The average molecular weight is 599 g/mol. The maximum atomic E-state index is 2.28. The summed E-state index contributed by atoms with van der Waals surface area (Å²) in [5, 5.41) is 10.9. The third kappa shape index (κ3) is 4.05. The molecule has 0 amide bonds. The van der Waals surface area contributed by atoms with Crippen LogP contribution in [0.4, 0.5) is 0 Å². The topological polar surface area (TPSA) is 9.86 Å². The van der Waals surface area contributed by atoms with Crippen molar-refractivity contribution < 1.29 is 51.0 Å². The Balaban J connectivity index is 0.000000160. The largest absolute Gasteiger partial charge is 4.00 e. The summed E-state index contributed by atoms with van der Waals surface area (Å²) in [5.74, 6) is 0. The molecular formula is C32H24Cl2N2Zr. The number of benzene rings is 4. The predicted octanol–water partition coefficient (Wildman–Crippen LogP) is 2.41. The van der Waals surface area contributed by atoms with Crippen LogP contribution < -0.4 is 24.8 Å². The Morgan fingerprint density at radius 1 is 0.459 bits per heavy atom. The molecule has 0 saturated heterocycles. The van der Waals surface area contributed by atoms with Gasteiger partial charge in [-0.1, -0.05) is 59.3 Å². The first-order chi connectivity index (χ1) is 16.7. The second kappa shape index (κ2) is 10.5. The third-order valence-corrected chi connectivity index (χ3v) is 7.35. The van der Waals surface area contributed by atoms with Crippen LogP contribution in [-0.4, -0.2) is 9.13 Å². The Labute approximate surface area is 247 Å². The zero-order valence-electron chi connectivity index (χ0n) is 20.5. The summed E-state index contributed by atoms with van der Waals surface area (Å²) in [7, 11) is 4.28. The molecule has 0 atom stereocenters. The van der Waals surface area contributed by atoms with Crippen LogP contribution >= 0.6 is 0 Å². The van der Waals surface area contributed by atoms with Crippen LogP contribution in [-0.2, 0) is 40.3 Å². The van der Waals surface area contributed by atoms with Crippen LogP contribution in [0.5, 0.6) is 0 Å². The summed E-state index contributed by atoms with van der Waals surface area (Å²) in [4.78, 5) is 0. The van der Waals surface area contributed by atoms with E-state index in [2.05, 4.69) is 132 Å². The molecule has 180 valence electrons. The minimum Gasteiger partial charge on any atom is -1.00 e. The number of aromatic nitrogens is 2. The molecule has 0 aliphatic rings. The molecule has 0 spiro atoms. The van der Waals surface area contributed by atoms with E-state index in [0.29, 0.717) is 0 Å². The Kier molecular flexibility index (Phi) is 7.72. The average Bonchev–Trinajstić information content (AvgIpc) is 3.60. The van der Waals surface area contributed by atoms with Crippen molar-refractivity contribution in [2.75, 3.05) is 0 Å². The molecule has 2 nitrogen and oxygen atoms in total. The maximum Gasteiger partial charge on any atom is 4.00 e. The van der Waals surface area contributed by atoms with Gasteiger partial charge in [-0.3, -0.25) is 0 Å². The van der Waals surface area contributed by atoms with Gasteiger partial charge in [0.1, 0.15) is 0 Å². The number of hydrogen-bond acceptors (Lipinski definition) is 0. The van der Waals surface area contributed by atoms with Crippen molar-refractivity contribution in [1.82, 2.24) is 9.13 Å². The summed E-state index contributed by atoms with van der Waals surface area (Å²) in [6.07, 6.45) is 0. The molecule has 0 aliphatic heterocycles. The molecule has 0 unspecified atom stereocenters. The van der Waals surface area contributed by atoms with Crippen molar-refractivity contribution >= 4 is 65.2 Å². The maximum absolute atomic E-state index is 2.28. The van der Waals surface area contributed by atoms with Crippen LogP contribution in [0.1, 0.15) is 0 Å². The standard InChI is InChI=1S/2C16H12N.2ClH.Zr/c2*1-17-14-9-5-4-8-13(14)16-12-7-3-2-6-11(12)10-15(16)17;;;/h2*2-10H,1H3;2*1H;/q2*-1;;;+4/p-2. The van der Waals surface area contributed by atoms with E-state index < -0.39 is 0 Å². The van der Waals surface area contributed by atoms with Crippen molar-refractivity contribution in [3.8, 4) is 0 Å². The van der Waals surface area contributed by atoms with E-state index in [0.717, 1.165) is 0 Å². The molecule has 6 aromatic carbocycles. The second-order valence-electron chi connectivity index (χ2n) is 9.14. The van der Waals surface area contributed by atoms with E-state index >= 15 is 0 Å². The fourth-order valence-corrected chi connectivity index (χ4v) is 5.73. The molecule has 0 radical (unpaired) electrons. The molecule has 0 N–H and O–H groups in total. The number of fused-ring (bicyclic) bond motifs is 10. The van der Waals surface area contributed by atoms with Gasteiger partial charge in [0, 0.05) is 25.1 Å². The van der Waals surface area contributed by atoms with Gasteiger partial charge in [0.2, 0.25) is 0 Å². The van der Waals surface area contributed by atoms with E-state index in [1.165, 1.54) is 65.2 Å². The van der Waals surface area contributed by atoms with E-state index in [9.17, 15) is 0 Å². The Morgan fingerprint density at radius 3 is 1.19 bits per heavy atom. The van der Waals surface area contributed by atoms with Gasteiger partial charge in [0.25, 0.3) is 0 Å². The van der Waals surface area contributed by atoms with Gasteiger partial charge in [-0.25, -0.2) is 0 Å². The van der Waals surface area contributed by atoms with Gasteiger partial charge in [0.15, 0.2) is 0 Å². The first-order valence-corrected chi connectivity index (χ1v) is 11.8.